The summed E-state index contributed by atoms with van der Waals surface area (Å²) in [6.07, 6.45) is 8.20. The number of hydrogen-bond acceptors (Lipinski definition) is 6. The number of ether oxygens (including phenoxy) is 3. The molecule has 32 heavy (non-hydrogen) atoms. The van der Waals surface area contributed by atoms with Gasteiger partial charge in [0.05, 0.1) is 12.7 Å². The van der Waals surface area contributed by atoms with Crippen molar-refractivity contribution >= 4 is 5.78 Å². The number of rotatable bonds is 14. The molecule has 1 N–H and O–H groups in total. The molecule has 3 atom stereocenters. The van der Waals surface area contributed by atoms with Crippen molar-refractivity contribution < 1.29 is 24.1 Å². The van der Waals surface area contributed by atoms with Gasteiger partial charge in [0, 0.05) is 38.5 Å². The number of likely N-dealkylation sites (tertiary alicyclic amines) is 1. The highest BCUT2D eigenvalue weighted by atomic mass is 16.6. The lowest BCUT2D eigenvalue weighted by molar-refractivity contribution is -0.121. The zero-order valence-corrected chi connectivity index (χ0v) is 19.9. The van der Waals surface area contributed by atoms with Gasteiger partial charge in [-0.15, -0.1) is 0 Å². The molecule has 0 bridgehead atoms. The fourth-order valence-electron chi connectivity index (χ4n) is 4.93. The first-order chi connectivity index (χ1) is 15.6. The molecule has 0 amide bonds. The maximum absolute atomic E-state index is 12.8. The van der Waals surface area contributed by atoms with E-state index in [4.69, 9.17) is 14.2 Å². The summed E-state index contributed by atoms with van der Waals surface area (Å²) in [7, 11) is 1.74. The van der Waals surface area contributed by atoms with Gasteiger partial charge in [-0.3, -0.25) is 9.69 Å². The standard InChI is InChI=1S/C26H41NO5/c1-3-4-5-6-7-10-23(28)16-21(18-27-13-8-9-22(27)19-30-2)26(29)20-11-12-24-25(17-20)32-15-14-31-24/h11-12,17,21-22,26,29H,3-10,13-16,18-19H2,1-2H3/t21-,22?,26?/m1/s1. The van der Waals surface area contributed by atoms with Crippen molar-refractivity contribution in [3.63, 3.8) is 0 Å². The fraction of sp³-hybridized carbons (Fsp3) is 0.731. The quantitative estimate of drug-likeness (QED) is 0.423. The average molecular weight is 448 g/mol. The van der Waals surface area contributed by atoms with Gasteiger partial charge in [0.2, 0.25) is 0 Å². The van der Waals surface area contributed by atoms with Crippen molar-refractivity contribution in [3.05, 3.63) is 23.8 Å². The Hall–Kier alpha value is -1.63. The zero-order valence-electron chi connectivity index (χ0n) is 19.9. The van der Waals surface area contributed by atoms with Crippen LogP contribution in [0.3, 0.4) is 0 Å². The number of Topliss-reactive ketones (excluding diaryl/α,β-unsaturated/α-hetero) is 1. The van der Waals surface area contributed by atoms with E-state index in [1.807, 2.05) is 18.2 Å². The minimum Gasteiger partial charge on any atom is -0.486 e. The van der Waals surface area contributed by atoms with Crippen molar-refractivity contribution in [2.75, 3.05) is 40.0 Å². The number of fused-ring (bicyclic) bond motifs is 1. The molecule has 1 aromatic carbocycles. The molecule has 0 aliphatic carbocycles. The molecule has 0 aromatic heterocycles. The summed E-state index contributed by atoms with van der Waals surface area (Å²) in [6.45, 7) is 5.64. The van der Waals surface area contributed by atoms with Crippen LogP contribution >= 0.6 is 0 Å². The van der Waals surface area contributed by atoms with Gasteiger partial charge in [-0.25, -0.2) is 0 Å². The second-order valence-corrected chi connectivity index (χ2v) is 9.26. The molecular weight excluding hydrogens is 406 g/mol. The minimum atomic E-state index is -0.723. The first kappa shape index (κ1) is 25.0. The molecule has 2 heterocycles. The maximum Gasteiger partial charge on any atom is 0.161 e. The second kappa shape index (κ2) is 13.2. The SMILES string of the molecule is CCCCCCCC(=O)C[C@H](CN1CCCC1COC)C(O)c1ccc2c(c1)OCCO2. The maximum atomic E-state index is 12.8. The van der Waals surface area contributed by atoms with Crippen LogP contribution in [0.4, 0.5) is 0 Å². The topological polar surface area (TPSA) is 68.2 Å². The molecule has 2 aliphatic rings. The lowest BCUT2D eigenvalue weighted by Gasteiger charge is -2.31. The van der Waals surface area contributed by atoms with Crippen molar-refractivity contribution in [2.24, 2.45) is 5.92 Å². The molecule has 1 fully saturated rings. The number of nitrogens with zero attached hydrogens (tertiary/aromatic N) is 1. The molecule has 1 saturated heterocycles. The van der Waals surface area contributed by atoms with Crippen LogP contribution in [0.2, 0.25) is 0 Å². The monoisotopic (exact) mass is 447 g/mol. The van der Waals surface area contributed by atoms with Crippen molar-refractivity contribution in [1.82, 2.24) is 4.90 Å². The smallest absolute Gasteiger partial charge is 0.161 e. The van der Waals surface area contributed by atoms with Gasteiger partial charge in [-0.1, -0.05) is 38.7 Å². The van der Waals surface area contributed by atoms with Crippen LogP contribution in [0.15, 0.2) is 18.2 Å². The summed E-state index contributed by atoms with van der Waals surface area (Å²) >= 11 is 0. The summed E-state index contributed by atoms with van der Waals surface area (Å²) in [6, 6.07) is 6.00. The Kier molecular flexibility index (Phi) is 10.3. The number of hydrogen-bond donors (Lipinski definition) is 1. The molecule has 180 valence electrons. The summed E-state index contributed by atoms with van der Waals surface area (Å²) in [4.78, 5) is 15.2. The van der Waals surface area contributed by atoms with Crippen LogP contribution in [0.25, 0.3) is 0 Å². The van der Waals surface area contributed by atoms with Crippen LogP contribution < -0.4 is 9.47 Å². The normalized spacial score (nSPS) is 20.3. The van der Waals surface area contributed by atoms with Crippen molar-refractivity contribution in [2.45, 2.75) is 76.9 Å². The highest BCUT2D eigenvalue weighted by molar-refractivity contribution is 5.78. The molecule has 1 aromatic rings. The van der Waals surface area contributed by atoms with Gasteiger partial charge in [0.15, 0.2) is 11.5 Å². The Morgan fingerprint density at radius 3 is 2.75 bits per heavy atom. The summed E-state index contributed by atoms with van der Waals surface area (Å²) in [5.41, 5.74) is 0.789. The molecule has 0 radical (unpaired) electrons. The molecule has 3 rings (SSSR count). The third kappa shape index (κ3) is 7.19. The van der Waals surface area contributed by atoms with Crippen LogP contribution in [-0.2, 0) is 9.53 Å². The molecule has 0 spiro atoms. The summed E-state index contributed by atoms with van der Waals surface area (Å²) in [5, 5.41) is 11.3. The van der Waals surface area contributed by atoms with Gasteiger partial charge in [0.1, 0.15) is 19.0 Å². The molecular formula is C26H41NO5. The Bertz CT molecular complexity index is 709. The van der Waals surface area contributed by atoms with E-state index < -0.39 is 6.10 Å². The predicted molar refractivity (Wildman–Crippen MR) is 125 cm³/mol. The summed E-state index contributed by atoms with van der Waals surface area (Å²) < 4.78 is 16.7. The Balaban J connectivity index is 1.67. The van der Waals surface area contributed by atoms with Crippen LogP contribution in [-0.4, -0.2) is 61.9 Å². The van der Waals surface area contributed by atoms with Gasteiger partial charge in [-0.2, -0.15) is 0 Å². The van der Waals surface area contributed by atoms with E-state index in [1.54, 1.807) is 7.11 Å². The number of benzene rings is 1. The number of carbonyl (C=O) groups excluding carboxylic acids is 1. The lowest BCUT2D eigenvalue weighted by atomic mass is 9.89. The van der Waals surface area contributed by atoms with E-state index >= 15 is 0 Å². The predicted octanol–water partition coefficient (Wildman–Crippen LogP) is 4.54. The van der Waals surface area contributed by atoms with Gasteiger partial charge >= 0.3 is 0 Å². The van der Waals surface area contributed by atoms with Crippen LogP contribution in [0.5, 0.6) is 11.5 Å². The molecule has 2 unspecified atom stereocenters. The van der Waals surface area contributed by atoms with E-state index in [2.05, 4.69) is 11.8 Å². The van der Waals surface area contributed by atoms with E-state index in [-0.39, 0.29) is 11.7 Å². The lowest BCUT2D eigenvalue weighted by Crippen LogP contribution is -2.39. The highest BCUT2D eigenvalue weighted by Crippen LogP contribution is 2.36. The molecule has 2 aliphatic heterocycles. The van der Waals surface area contributed by atoms with Crippen LogP contribution in [0.1, 0.15) is 76.4 Å². The Morgan fingerprint density at radius 1 is 1.19 bits per heavy atom. The zero-order chi connectivity index (χ0) is 22.8. The van der Waals surface area contributed by atoms with Crippen molar-refractivity contribution in [1.29, 1.82) is 0 Å². The fourth-order valence-corrected chi connectivity index (χ4v) is 4.93. The van der Waals surface area contributed by atoms with E-state index in [9.17, 15) is 9.90 Å². The second-order valence-electron chi connectivity index (χ2n) is 9.26. The highest BCUT2D eigenvalue weighted by Gasteiger charge is 2.32. The third-order valence-electron chi connectivity index (χ3n) is 6.73. The van der Waals surface area contributed by atoms with Crippen molar-refractivity contribution in [3.8, 4) is 11.5 Å². The number of unbranched alkanes of at least 4 members (excludes halogenated alkanes) is 4. The van der Waals surface area contributed by atoms with Gasteiger partial charge in [0.25, 0.3) is 0 Å². The number of aliphatic hydroxyl groups excluding tert-OH is 1. The van der Waals surface area contributed by atoms with Gasteiger partial charge in [-0.05, 0) is 43.5 Å². The number of aliphatic hydroxyl groups is 1. The Morgan fingerprint density at radius 2 is 1.97 bits per heavy atom. The summed E-state index contributed by atoms with van der Waals surface area (Å²) in [5.74, 6) is 1.49. The molecule has 0 saturated carbocycles. The number of carbonyl (C=O) groups is 1. The number of methoxy groups -OCH3 is 1. The minimum absolute atomic E-state index is 0.154. The molecule has 6 nitrogen and oxygen atoms in total. The Labute approximate surface area is 193 Å². The largest absolute Gasteiger partial charge is 0.486 e. The van der Waals surface area contributed by atoms with E-state index in [0.717, 1.165) is 37.8 Å². The van der Waals surface area contributed by atoms with E-state index in [0.29, 0.717) is 56.7 Å². The molecule has 6 heteroatoms. The van der Waals surface area contributed by atoms with Gasteiger partial charge < -0.3 is 19.3 Å². The first-order valence-corrected chi connectivity index (χ1v) is 12.4. The first-order valence-electron chi connectivity index (χ1n) is 12.4. The third-order valence-corrected chi connectivity index (χ3v) is 6.73. The van der Waals surface area contributed by atoms with E-state index in [1.165, 1.54) is 19.3 Å². The average Bonchev–Trinajstić information content (AvgIpc) is 3.24. The van der Waals surface area contributed by atoms with Crippen LogP contribution in [0, 0.1) is 5.92 Å². The number of ketones is 1.